The molecule has 8 heteroatoms. The zero-order valence-electron chi connectivity index (χ0n) is 16.6. The van der Waals surface area contributed by atoms with Gasteiger partial charge in [0.2, 0.25) is 0 Å². The van der Waals surface area contributed by atoms with Gasteiger partial charge in [0.25, 0.3) is 0 Å². The molecule has 0 saturated carbocycles. The molecule has 1 fully saturated rings. The number of hydrogen-bond acceptors (Lipinski definition) is 5. The monoisotopic (exact) mass is 414 g/mol. The van der Waals surface area contributed by atoms with E-state index in [4.69, 9.17) is 4.74 Å². The highest BCUT2D eigenvalue weighted by Crippen LogP contribution is 2.28. The zero-order chi connectivity index (χ0) is 20.2. The average Bonchev–Trinajstić information content (AvgIpc) is 3.22. The van der Waals surface area contributed by atoms with Crippen LogP contribution in [0.4, 0.5) is 21.0 Å². The molecule has 3 amide bonds. The number of nitrogens with zero attached hydrogens (tertiary/aromatic N) is 3. The van der Waals surface area contributed by atoms with Crippen molar-refractivity contribution in [2.75, 3.05) is 49.5 Å². The van der Waals surface area contributed by atoms with Gasteiger partial charge in [0.05, 0.1) is 6.61 Å². The molecule has 0 spiro atoms. The molecule has 0 bridgehead atoms. The van der Waals surface area contributed by atoms with Gasteiger partial charge in [0.15, 0.2) is 0 Å². The van der Waals surface area contributed by atoms with E-state index in [-0.39, 0.29) is 12.1 Å². The lowest BCUT2D eigenvalue weighted by Gasteiger charge is -2.34. The molecule has 2 aliphatic rings. The smallest absolute Gasteiger partial charge is 0.409 e. The lowest BCUT2D eigenvalue weighted by atomic mass is 10.1. The van der Waals surface area contributed by atoms with Crippen molar-refractivity contribution in [3.05, 3.63) is 46.2 Å². The lowest BCUT2D eigenvalue weighted by molar-refractivity contribution is 0.0868. The van der Waals surface area contributed by atoms with E-state index in [1.54, 1.807) is 16.7 Å². The SMILES string of the molecule is CCOC(=O)N1CCN(C(=O)Nc2ccc(N3CCc4sccc4C3)cc2)CC1. The van der Waals surface area contributed by atoms with Crippen molar-refractivity contribution in [1.82, 2.24) is 9.80 Å². The third-order valence-electron chi connectivity index (χ3n) is 5.38. The first-order valence-corrected chi connectivity index (χ1v) is 10.9. The topological polar surface area (TPSA) is 65.1 Å². The van der Waals surface area contributed by atoms with Crippen molar-refractivity contribution in [2.45, 2.75) is 19.9 Å². The first-order chi connectivity index (χ1) is 14.1. The number of rotatable bonds is 3. The van der Waals surface area contributed by atoms with Crippen LogP contribution in [0.2, 0.25) is 0 Å². The van der Waals surface area contributed by atoms with Gasteiger partial charge >= 0.3 is 12.1 Å². The van der Waals surface area contributed by atoms with Crippen LogP contribution in [-0.2, 0) is 17.7 Å². The summed E-state index contributed by atoms with van der Waals surface area (Å²) in [6.07, 6.45) is 0.777. The first kappa shape index (κ1) is 19.6. The molecule has 3 heterocycles. The van der Waals surface area contributed by atoms with Crippen molar-refractivity contribution in [3.63, 3.8) is 0 Å². The summed E-state index contributed by atoms with van der Waals surface area (Å²) in [5.74, 6) is 0. The van der Waals surface area contributed by atoms with Gasteiger partial charge in [-0.2, -0.15) is 0 Å². The molecule has 1 N–H and O–H groups in total. The normalized spacial score (nSPS) is 16.4. The molecular formula is C21H26N4O3S. The van der Waals surface area contributed by atoms with E-state index in [1.165, 1.54) is 16.1 Å². The van der Waals surface area contributed by atoms with Crippen molar-refractivity contribution in [3.8, 4) is 0 Å². The van der Waals surface area contributed by atoms with Crippen molar-refractivity contribution < 1.29 is 14.3 Å². The Morgan fingerprint density at radius 1 is 1.03 bits per heavy atom. The number of anilines is 2. The number of urea groups is 1. The van der Waals surface area contributed by atoms with Gasteiger partial charge in [0.1, 0.15) is 0 Å². The summed E-state index contributed by atoms with van der Waals surface area (Å²) in [6.45, 7) is 6.09. The van der Waals surface area contributed by atoms with Crippen LogP contribution in [0, 0.1) is 0 Å². The molecule has 0 radical (unpaired) electrons. The van der Waals surface area contributed by atoms with Gasteiger partial charge in [0, 0.05) is 55.5 Å². The minimum absolute atomic E-state index is 0.137. The maximum absolute atomic E-state index is 12.5. The van der Waals surface area contributed by atoms with Crippen molar-refractivity contribution >= 4 is 34.8 Å². The third kappa shape index (κ3) is 4.48. The fraction of sp³-hybridized carbons (Fsp3) is 0.429. The average molecular weight is 415 g/mol. The first-order valence-electron chi connectivity index (χ1n) is 10.0. The molecule has 7 nitrogen and oxygen atoms in total. The van der Waals surface area contributed by atoms with E-state index in [9.17, 15) is 9.59 Å². The minimum Gasteiger partial charge on any atom is -0.450 e. The van der Waals surface area contributed by atoms with Crippen LogP contribution in [0.15, 0.2) is 35.7 Å². The number of benzene rings is 1. The molecule has 2 aliphatic heterocycles. The standard InChI is InChI=1S/C21H26N4O3S/c1-2-28-21(27)24-12-10-23(11-13-24)20(26)22-17-3-5-18(6-4-17)25-9-7-19-16(15-25)8-14-29-19/h3-6,8,14H,2,7,9-13,15H2,1H3,(H,22,26). The van der Waals surface area contributed by atoms with Crippen LogP contribution in [0.1, 0.15) is 17.4 Å². The molecule has 0 unspecified atom stereocenters. The van der Waals surface area contributed by atoms with E-state index in [2.05, 4.69) is 33.8 Å². The van der Waals surface area contributed by atoms with Crippen LogP contribution in [0.5, 0.6) is 0 Å². The van der Waals surface area contributed by atoms with Crippen molar-refractivity contribution in [1.29, 1.82) is 0 Å². The van der Waals surface area contributed by atoms with Gasteiger partial charge in [-0.05, 0) is 54.6 Å². The Balaban J connectivity index is 1.29. The van der Waals surface area contributed by atoms with Gasteiger partial charge < -0.3 is 24.8 Å². The number of nitrogens with one attached hydrogen (secondary N) is 1. The summed E-state index contributed by atoms with van der Waals surface area (Å²) in [4.78, 5) is 31.5. The Morgan fingerprint density at radius 2 is 1.76 bits per heavy atom. The number of carbonyl (C=O) groups is 2. The number of piperazine rings is 1. The molecule has 1 saturated heterocycles. The second kappa shape index (κ2) is 8.73. The van der Waals surface area contributed by atoms with Crippen LogP contribution < -0.4 is 10.2 Å². The molecule has 1 aromatic carbocycles. The summed E-state index contributed by atoms with van der Waals surface area (Å²) in [6, 6.07) is 10.1. The van der Waals surface area contributed by atoms with Gasteiger partial charge in [-0.15, -0.1) is 11.3 Å². The molecular weight excluding hydrogens is 388 g/mol. The van der Waals surface area contributed by atoms with Crippen LogP contribution in [-0.4, -0.2) is 61.3 Å². The number of fused-ring (bicyclic) bond motifs is 1. The fourth-order valence-electron chi connectivity index (χ4n) is 3.73. The van der Waals surface area contributed by atoms with Crippen LogP contribution >= 0.6 is 11.3 Å². The van der Waals surface area contributed by atoms with E-state index >= 15 is 0 Å². The molecule has 0 aliphatic carbocycles. The highest BCUT2D eigenvalue weighted by molar-refractivity contribution is 7.10. The minimum atomic E-state index is -0.310. The summed E-state index contributed by atoms with van der Waals surface area (Å²) in [5.41, 5.74) is 3.36. The summed E-state index contributed by atoms with van der Waals surface area (Å²) < 4.78 is 5.01. The van der Waals surface area contributed by atoms with Gasteiger partial charge in [-0.25, -0.2) is 9.59 Å². The number of carbonyl (C=O) groups excluding carboxylic acids is 2. The largest absolute Gasteiger partial charge is 0.450 e. The molecule has 4 rings (SSSR count). The maximum Gasteiger partial charge on any atom is 0.409 e. The summed E-state index contributed by atoms with van der Waals surface area (Å²) >= 11 is 1.84. The Bertz CT molecular complexity index is 859. The quantitative estimate of drug-likeness (QED) is 0.833. The Labute approximate surface area is 174 Å². The van der Waals surface area contributed by atoms with Gasteiger partial charge in [-0.1, -0.05) is 0 Å². The fourth-order valence-corrected chi connectivity index (χ4v) is 4.62. The molecule has 0 atom stereocenters. The second-order valence-corrected chi connectivity index (χ2v) is 8.19. The van der Waals surface area contributed by atoms with E-state index in [1.807, 2.05) is 23.5 Å². The summed E-state index contributed by atoms with van der Waals surface area (Å²) in [5, 5.41) is 5.12. The number of thiophene rings is 1. The van der Waals surface area contributed by atoms with Crippen LogP contribution in [0.25, 0.3) is 0 Å². The Morgan fingerprint density at radius 3 is 2.48 bits per heavy atom. The Kier molecular flexibility index (Phi) is 5.89. The maximum atomic E-state index is 12.5. The summed E-state index contributed by atoms with van der Waals surface area (Å²) in [7, 11) is 0. The molecule has 2 aromatic rings. The molecule has 1 aromatic heterocycles. The highest BCUT2D eigenvalue weighted by Gasteiger charge is 2.25. The molecule has 29 heavy (non-hydrogen) atoms. The second-order valence-electron chi connectivity index (χ2n) is 7.19. The predicted molar refractivity (Wildman–Crippen MR) is 115 cm³/mol. The highest BCUT2D eigenvalue weighted by atomic mass is 32.1. The third-order valence-corrected chi connectivity index (χ3v) is 6.41. The predicted octanol–water partition coefficient (Wildman–Crippen LogP) is 3.62. The van der Waals surface area contributed by atoms with E-state index in [0.29, 0.717) is 32.8 Å². The van der Waals surface area contributed by atoms with Gasteiger partial charge in [-0.3, -0.25) is 0 Å². The van der Waals surface area contributed by atoms with Crippen LogP contribution in [0.3, 0.4) is 0 Å². The zero-order valence-corrected chi connectivity index (χ0v) is 17.4. The Hall–Kier alpha value is -2.74. The number of hydrogen-bond donors (Lipinski definition) is 1. The van der Waals surface area contributed by atoms with Crippen molar-refractivity contribution in [2.24, 2.45) is 0 Å². The molecule has 154 valence electrons. The number of ether oxygens (including phenoxy) is 1. The number of amides is 3. The van der Waals surface area contributed by atoms with E-state index < -0.39 is 0 Å². The van der Waals surface area contributed by atoms with E-state index in [0.717, 1.165) is 25.2 Å². The lowest BCUT2D eigenvalue weighted by Crippen LogP contribution is -2.51.